The molecule has 0 spiro atoms. The Morgan fingerprint density at radius 1 is 1.39 bits per heavy atom. The zero-order valence-corrected chi connectivity index (χ0v) is 13.6. The van der Waals surface area contributed by atoms with Gasteiger partial charge < -0.3 is 10.4 Å². The number of nitrogens with one attached hydrogen (secondary N) is 1. The second kappa shape index (κ2) is 6.16. The van der Waals surface area contributed by atoms with E-state index in [0.717, 1.165) is 30.5 Å². The second-order valence-corrected chi connectivity index (χ2v) is 6.37. The number of aliphatic hydroxyl groups is 1. The molecule has 0 radical (unpaired) electrons. The summed E-state index contributed by atoms with van der Waals surface area (Å²) in [4.78, 5) is 12.4. The molecule has 1 saturated carbocycles. The summed E-state index contributed by atoms with van der Waals surface area (Å²) >= 11 is 0. The van der Waals surface area contributed by atoms with Crippen molar-refractivity contribution in [3.8, 4) is 0 Å². The molecule has 1 atom stereocenters. The molecule has 1 aromatic carbocycles. The smallest absolute Gasteiger partial charge is 0.254 e. The first kappa shape index (κ1) is 15.7. The molecule has 0 aliphatic heterocycles. The van der Waals surface area contributed by atoms with E-state index in [1.807, 2.05) is 44.3 Å². The summed E-state index contributed by atoms with van der Waals surface area (Å²) in [5, 5.41) is 17.9. The van der Waals surface area contributed by atoms with Gasteiger partial charge in [0.25, 0.3) is 5.91 Å². The van der Waals surface area contributed by atoms with Gasteiger partial charge in [-0.1, -0.05) is 37.3 Å². The van der Waals surface area contributed by atoms with E-state index in [2.05, 4.69) is 10.4 Å². The molecule has 2 N–H and O–H groups in total. The molecule has 1 fully saturated rings. The zero-order chi connectivity index (χ0) is 16.4. The van der Waals surface area contributed by atoms with Crippen LogP contribution in [0.15, 0.2) is 36.5 Å². The van der Waals surface area contributed by atoms with Crippen molar-refractivity contribution in [1.82, 2.24) is 15.1 Å². The van der Waals surface area contributed by atoms with Crippen LogP contribution in [0.4, 0.5) is 0 Å². The number of aryl methyl sites for hydroxylation is 2. The van der Waals surface area contributed by atoms with Gasteiger partial charge in [-0.3, -0.25) is 9.48 Å². The molecule has 5 heteroatoms. The summed E-state index contributed by atoms with van der Waals surface area (Å²) < 4.78 is 1.67. The molecule has 5 nitrogen and oxygen atoms in total. The molecule has 1 heterocycles. The lowest BCUT2D eigenvalue weighted by Crippen LogP contribution is -2.33. The van der Waals surface area contributed by atoms with Crippen molar-refractivity contribution in [1.29, 1.82) is 0 Å². The molecular weight excluding hydrogens is 290 g/mol. The Kier molecular flexibility index (Phi) is 4.22. The Morgan fingerprint density at radius 2 is 2.09 bits per heavy atom. The highest BCUT2D eigenvalue weighted by molar-refractivity contribution is 5.95. The van der Waals surface area contributed by atoms with Crippen molar-refractivity contribution in [3.05, 3.63) is 53.3 Å². The molecule has 0 saturated heterocycles. The summed E-state index contributed by atoms with van der Waals surface area (Å²) in [6.07, 6.45) is 3.79. The number of hydrogen-bond acceptors (Lipinski definition) is 3. The number of hydrogen-bond donors (Lipinski definition) is 2. The van der Waals surface area contributed by atoms with Crippen molar-refractivity contribution in [2.75, 3.05) is 6.54 Å². The van der Waals surface area contributed by atoms with E-state index < -0.39 is 6.10 Å². The van der Waals surface area contributed by atoms with E-state index in [9.17, 15) is 9.90 Å². The normalized spacial score (nSPS) is 16.8. The third kappa shape index (κ3) is 3.15. The van der Waals surface area contributed by atoms with Crippen molar-refractivity contribution in [2.24, 2.45) is 12.5 Å². The fourth-order valence-electron chi connectivity index (χ4n) is 3.03. The molecule has 122 valence electrons. The Morgan fingerprint density at radius 3 is 2.70 bits per heavy atom. The highest BCUT2D eigenvalue weighted by Crippen LogP contribution is 2.54. The van der Waals surface area contributed by atoms with Gasteiger partial charge in [-0.05, 0) is 24.8 Å². The molecule has 1 amide bonds. The molecule has 3 rings (SSSR count). The van der Waals surface area contributed by atoms with Gasteiger partial charge in [0.1, 0.15) is 0 Å². The Bertz CT molecular complexity index is 690. The first-order chi connectivity index (χ1) is 11.1. The summed E-state index contributed by atoms with van der Waals surface area (Å²) in [6, 6.07) is 9.66. The third-order valence-corrected chi connectivity index (χ3v) is 4.67. The minimum atomic E-state index is -0.538. The van der Waals surface area contributed by atoms with Crippen LogP contribution in [-0.4, -0.2) is 27.3 Å². The van der Waals surface area contributed by atoms with Gasteiger partial charge in [-0.15, -0.1) is 0 Å². The van der Waals surface area contributed by atoms with Crippen LogP contribution < -0.4 is 5.32 Å². The molecule has 0 bridgehead atoms. The van der Waals surface area contributed by atoms with Gasteiger partial charge >= 0.3 is 0 Å². The third-order valence-electron chi connectivity index (χ3n) is 4.67. The van der Waals surface area contributed by atoms with Gasteiger partial charge in [0.2, 0.25) is 0 Å². The Labute approximate surface area is 136 Å². The van der Waals surface area contributed by atoms with E-state index in [0.29, 0.717) is 12.1 Å². The number of amides is 1. The van der Waals surface area contributed by atoms with E-state index in [-0.39, 0.29) is 11.3 Å². The lowest BCUT2D eigenvalue weighted by Gasteiger charge is -2.23. The number of carbonyl (C=O) groups is 1. The monoisotopic (exact) mass is 313 g/mol. The van der Waals surface area contributed by atoms with Crippen LogP contribution in [-0.2, 0) is 13.5 Å². The average Bonchev–Trinajstić information content (AvgIpc) is 3.28. The maximum atomic E-state index is 12.4. The van der Waals surface area contributed by atoms with Gasteiger partial charge in [-0.25, -0.2) is 0 Å². The van der Waals surface area contributed by atoms with Crippen molar-refractivity contribution < 1.29 is 9.90 Å². The first-order valence-electron chi connectivity index (χ1n) is 8.09. The van der Waals surface area contributed by atoms with E-state index in [1.165, 1.54) is 0 Å². The molecule has 2 aromatic rings. The molecule has 1 aromatic heterocycles. The number of nitrogens with zero attached hydrogens (tertiary/aromatic N) is 2. The van der Waals surface area contributed by atoms with Crippen LogP contribution in [0.25, 0.3) is 0 Å². The summed E-state index contributed by atoms with van der Waals surface area (Å²) in [5.74, 6) is -0.110. The quantitative estimate of drug-likeness (QED) is 0.859. The molecule has 1 unspecified atom stereocenters. The summed E-state index contributed by atoms with van der Waals surface area (Å²) in [5.41, 5.74) is 2.11. The van der Waals surface area contributed by atoms with Crippen molar-refractivity contribution in [2.45, 2.75) is 32.3 Å². The second-order valence-electron chi connectivity index (χ2n) is 6.37. The predicted octanol–water partition coefficient (Wildman–Crippen LogP) is 2.23. The summed E-state index contributed by atoms with van der Waals surface area (Å²) in [6.45, 7) is 2.47. The molecule has 1 aliphatic rings. The van der Waals surface area contributed by atoms with Gasteiger partial charge in [0.15, 0.2) is 0 Å². The number of aromatic nitrogens is 2. The van der Waals surface area contributed by atoms with Crippen molar-refractivity contribution >= 4 is 5.91 Å². The highest BCUT2D eigenvalue weighted by atomic mass is 16.3. The summed E-state index contributed by atoms with van der Waals surface area (Å²) in [7, 11) is 1.82. The van der Waals surface area contributed by atoms with Crippen LogP contribution in [0.3, 0.4) is 0 Å². The van der Waals surface area contributed by atoms with Crippen LogP contribution in [0.5, 0.6) is 0 Å². The van der Waals surface area contributed by atoms with Crippen LogP contribution in [0.2, 0.25) is 0 Å². The topological polar surface area (TPSA) is 67.2 Å². The van der Waals surface area contributed by atoms with E-state index in [1.54, 1.807) is 10.9 Å². The first-order valence-corrected chi connectivity index (χ1v) is 8.09. The minimum absolute atomic E-state index is 0.110. The Hall–Kier alpha value is -2.14. The fraction of sp³-hybridized carbons (Fsp3) is 0.444. The average molecular weight is 313 g/mol. The number of benzene rings is 1. The molecular formula is C18H23N3O2. The minimum Gasteiger partial charge on any atom is -0.388 e. The van der Waals surface area contributed by atoms with Crippen LogP contribution in [0, 0.1) is 5.41 Å². The maximum Gasteiger partial charge on any atom is 0.254 e. The van der Waals surface area contributed by atoms with Crippen LogP contribution >= 0.6 is 0 Å². The molecule has 23 heavy (non-hydrogen) atoms. The predicted molar refractivity (Wildman–Crippen MR) is 88.0 cm³/mol. The van der Waals surface area contributed by atoms with Crippen molar-refractivity contribution in [3.63, 3.8) is 0 Å². The standard InChI is InChI=1S/C18H23N3O2/c1-3-15-14(11-21(2)20-15)17(23)19-12-18(9-10-18)16(22)13-7-5-4-6-8-13/h4-8,11,16,22H,3,9-10,12H2,1-2H3,(H,19,23). The molecule has 1 aliphatic carbocycles. The number of aliphatic hydroxyl groups excluding tert-OH is 1. The SMILES string of the molecule is CCc1nn(C)cc1C(=O)NCC1(C(O)c2ccccc2)CC1. The maximum absolute atomic E-state index is 12.4. The highest BCUT2D eigenvalue weighted by Gasteiger charge is 2.49. The van der Waals surface area contributed by atoms with Gasteiger partial charge in [0, 0.05) is 25.2 Å². The lowest BCUT2D eigenvalue weighted by atomic mass is 9.92. The van der Waals surface area contributed by atoms with Gasteiger partial charge in [-0.2, -0.15) is 5.10 Å². The fourth-order valence-corrected chi connectivity index (χ4v) is 3.03. The largest absolute Gasteiger partial charge is 0.388 e. The van der Waals surface area contributed by atoms with E-state index in [4.69, 9.17) is 0 Å². The van der Waals surface area contributed by atoms with E-state index >= 15 is 0 Å². The number of rotatable bonds is 6. The zero-order valence-electron chi connectivity index (χ0n) is 13.6. The lowest BCUT2D eigenvalue weighted by molar-refractivity contribution is 0.0807. The Balaban J connectivity index is 1.67. The van der Waals surface area contributed by atoms with Gasteiger partial charge in [0.05, 0.1) is 17.4 Å². The van der Waals surface area contributed by atoms with Crippen LogP contribution in [0.1, 0.15) is 47.5 Å². The number of carbonyl (C=O) groups excluding carboxylic acids is 1.